The number of carbonyl (C=O) groups is 3. The summed E-state index contributed by atoms with van der Waals surface area (Å²) >= 11 is 0. The Labute approximate surface area is 115 Å². The van der Waals surface area contributed by atoms with Crippen molar-refractivity contribution in [3.05, 3.63) is 41.5 Å². The molecule has 0 spiro atoms. The van der Waals surface area contributed by atoms with E-state index in [1.165, 1.54) is 20.1 Å². The fourth-order valence-electron chi connectivity index (χ4n) is 1.47. The minimum absolute atomic E-state index is 0.444. The van der Waals surface area contributed by atoms with Gasteiger partial charge in [0.05, 0.1) is 7.11 Å². The summed E-state index contributed by atoms with van der Waals surface area (Å²) in [5.74, 6) is -2.34. The van der Waals surface area contributed by atoms with Gasteiger partial charge in [-0.3, -0.25) is 4.79 Å². The highest BCUT2D eigenvalue weighted by Gasteiger charge is 2.24. The predicted molar refractivity (Wildman–Crippen MR) is 69.6 cm³/mol. The highest BCUT2D eigenvalue weighted by Crippen LogP contribution is 2.20. The van der Waals surface area contributed by atoms with Crippen LogP contribution < -0.4 is 0 Å². The van der Waals surface area contributed by atoms with Crippen molar-refractivity contribution < 1.29 is 29.0 Å². The van der Waals surface area contributed by atoms with E-state index in [4.69, 9.17) is 9.84 Å². The van der Waals surface area contributed by atoms with Gasteiger partial charge in [0.2, 0.25) is 6.10 Å². The van der Waals surface area contributed by atoms with Crippen molar-refractivity contribution in [3.63, 3.8) is 0 Å². The zero-order valence-corrected chi connectivity index (χ0v) is 11.0. The van der Waals surface area contributed by atoms with Gasteiger partial charge in [-0.2, -0.15) is 0 Å². The Kier molecular flexibility index (Phi) is 5.46. The first-order valence-electron chi connectivity index (χ1n) is 5.70. The summed E-state index contributed by atoms with van der Waals surface area (Å²) in [5.41, 5.74) is 1.09. The third kappa shape index (κ3) is 4.56. The number of hydrogen-bond donors (Lipinski definition) is 1. The molecule has 20 heavy (non-hydrogen) atoms. The van der Waals surface area contributed by atoms with Crippen LogP contribution in [0, 0.1) is 0 Å². The summed E-state index contributed by atoms with van der Waals surface area (Å²) in [6.45, 7) is 1.19. The molecule has 0 aromatic heterocycles. The quantitative estimate of drug-likeness (QED) is 0.649. The van der Waals surface area contributed by atoms with E-state index >= 15 is 0 Å². The molecule has 1 atom stereocenters. The Balaban J connectivity index is 2.95. The molecule has 0 aliphatic heterocycles. The zero-order valence-electron chi connectivity index (χ0n) is 11.0. The number of carbonyl (C=O) groups excluding carboxylic acids is 2. The lowest BCUT2D eigenvalue weighted by Crippen LogP contribution is -2.19. The lowest BCUT2D eigenvalue weighted by atomic mass is 10.1. The lowest BCUT2D eigenvalue weighted by molar-refractivity contribution is -0.165. The topological polar surface area (TPSA) is 89.9 Å². The molecule has 0 fully saturated rings. The number of rotatable bonds is 5. The van der Waals surface area contributed by atoms with E-state index in [1.807, 2.05) is 0 Å². The molecule has 0 aliphatic rings. The first kappa shape index (κ1) is 15.4. The molecule has 6 nitrogen and oxygen atoms in total. The summed E-state index contributed by atoms with van der Waals surface area (Å²) in [6, 6.07) is 6.33. The van der Waals surface area contributed by atoms with Crippen LogP contribution >= 0.6 is 0 Å². The zero-order chi connectivity index (χ0) is 15.1. The summed E-state index contributed by atoms with van der Waals surface area (Å²) in [5, 5.41) is 8.52. The number of carboxylic acids is 1. The molecule has 0 heterocycles. The fraction of sp³-hybridized carbons (Fsp3) is 0.214. The highest BCUT2D eigenvalue weighted by atomic mass is 16.6. The average Bonchev–Trinajstić information content (AvgIpc) is 2.42. The molecule has 106 valence electrons. The molecule has 1 aromatic rings. The second-order valence-corrected chi connectivity index (χ2v) is 3.85. The fourth-order valence-corrected chi connectivity index (χ4v) is 1.47. The molecule has 0 aliphatic carbocycles. The van der Waals surface area contributed by atoms with Crippen LogP contribution in [-0.4, -0.2) is 30.1 Å². The maximum Gasteiger partial charge on any atom is 0.351 e. The summed E-state index contributed by atoms with van der Waals surface area (Å²) in [6.07, 6.45) is 1.28. The number of esters is 2. The van der Waals surface area contributed by atoms with Crippen LogP contribution in [0.3, 0.4) is 0 Å². The second kappa shape index (κ2) is 7.08. The van der Waals surface area contributed by atoms with Crippen LogP contribution in [0.5, 0.6) is 0 Å². The third-order valence-corrected chi connectivity index (χ3v) is 2.36. The van der Waals surface area contributed by atoms with Gasteiger partial charge >= 0.3 is 17.9 Å². The molecule has 0 amide bonds. The van der Waals surface area contributed by atoms with E-state index in [-0.39, 0.29) is 0 Å². The van der Waals surface area contributed by atoms with Gasteiger partial charge in [0, 0.05) is 18.6 Å². The molecule has 0 saturated carbocycles. The highest BCUT2D eigenvalue weighted by molar-refractivity contribution is 5.85. The Hall–Kier alpha value is -2.63. The van der Waals surface area contributed by atoms with E-state index in [9.17, 15) is 14.4 Å². The van der Waals surface area contributed by atoms with E-state index < -0.39 is 24.0 Å². The predicted octanol–water partition coefficient (Wildman–Crippen LogP) is 1.56. The summed E-state index contributed by atoms with van der Waals surface area (Å²) in [7, 11) is 1.20. The van der Waals surface area contributed by atoms with E-state index in [2.05, 4.69) is 4.74 Å². The van der Waals surface area contributed by atoms with Gasteiger partial charge in [-0.25, -0.2) is 9.59 Å². The normalized spacial score (nSPS) is 11.9. The molecule has 1 N–H and O–H groups in total. The Bertz CT molecular complexity index is 529. The number of methoxy groups -OCH3 is 1. The van der Waals surface area contributed by atoms with Crippen LogP contribution in [0.1, 0.15) is 24.2 Å². The minimum Gasteiger partial charge on any atom is -0.478 e. The minimum atomic E-state index is -1.13. The number of ether oxygens (including phenoxy) is 2. The van der Waals surface area contributed by atoms with Crippen LogP contribution in [0.15, 0.2) is 30.3 Å². The Morgan fingerprint density at radius 1 is 1.20 bits per heavy atom. The Morgan fingerprint density at radius 2 is 1.80 bits per heavy atom. The first-order valence-corrected chi connectivity index (χ1v) is 5.70. The van der Waals surface area contributed by atoms with Gasteiger partial charge in [-0.05, 0) is 11.6 Å². The average molecular weight is 278 g/mol. The monoisotopic (exact) mass is 278 g/mol. The van der Waals surface area contributed by atoms with E-state index in [0.717, 1.165) is 6.08 Å². The van der Waals surface area contributed by atoms with E-state index in [0.29, 0.717) is 11.1 Å². The smallest absolute Gasteiger partial charge is 0.351 e. The molecular formula is C14H14O6. The molecular weight excluding hydrogens is 264 g/mol. The van der Waals surface area contributed by atoms with Crippen LogP contribution in [0.4, 0.5) is 0 Å². The van der Waals surface area contributed by atoms with Gasteiger partial charge < -0.3 is 14.6 Å². The van der Waals surface area contributed by atoms with Gasteiger partial charge in [-0.1, -0.05) is 24.3 Å². The first-order chi connectivity index (χ1) is 9.43. The summed E-state index contributed by atoms with van der Waals surface area (Å²) in [4.78, 5) is 32.9. The number of hydrogen-bond acceptors (Lipinski definition) is 5. The van der Waals surface area contributed by atoms with Crippen molar-refractivity contribution in [3.8, 4) is 0 Å². The second-order valence-electron chi connectivity index (χ2n) is 3.85. The Morgan fingerprint density at radius 3 is 2.25 bits per heavy atom. The van der Waals surface area contributed by atoms with Gasteiger partial charge in [0.15, 0.2) is 0 Å². The van der Waals surface area contributed by atoms with Crippen molar-refractivity contribution >= 4 is 24.0 Å². The van der Waals surface area contributed by atoms with Crippen LogP contribution in [0.2, 0.25) is 0 Å². The number of benzene rings is 1. The van der Waals surface area contributed by atoms with Crippen molar-refractivity contribution in [1.29, 1.82) is 0 Å². The maximum absolute atomic E-state index is 11.6. The molecule has 1 aromatic carbocycles. The SMILES string of the molecule is COC(=O)C(OC(C)=O)c1ccc(/C=C/C(=O)O)cc1. The van der Waals surface area contributed by atoms with E-state index in [1.54, 1.807) is 24.3 Å². The van der Waals surface area contributed by atoms with Crippen molar-refractivity contribution in [1.82, 2.24) is 0 Å². The summed E-state index contributed by atoms with van der Waals surface area (Å²) < 4.78 is 9.47. The molecule has 1 unspecified atom stereocenters. The standard InChI is InChI=1S/C14H14O6/c1-9(15)20-13(14(18)19-2)11-6-3-10(4-7-11)5-8-12(16)17/h3-8,13H,1-2H3,(H,16,17)/b8-5+. The van der Waals surface area contributed by atoms with Crippen molar-refractivity contribution in [2.24, 2.45) is 0 Å². The van der Waals surface area contributed by atoms with Gasteiger partial charge in [-0.15, -0.1) is 0 Å². The molecule has 0 saturated heterocycles. The third-order valence-electron chi connectivity index (χ3n) is 2.36. The number of carboxylic acid groups (broad SMARTS) is 1. The molecule has 6 heteroatoms. The lowest BCUT2D eigenvalue weighted by Gasteiger charge is -2.14. The van der Waals surface area contributed by atoms with Gasteiger partial charge in [0.25, 0.3) is 0 Å². The van der Waals surface area contributed by atoms with Gasteiger partial charge in [0.1, 0.15) is 0 Å². The van der Waals surface area contributed by atoms with Crippen molar-refractivity contribution in [2.45, 2.75) is 13.0 Å². The number of aliphatic carboxylic acids is 1. The molecule has 0 radical (unpaired) electrons. The molecule has 1 rings (SSSR count). The van der Waals surface area contributed by atoms with Crippen LogP contribution in [0.25, 0.3) is 6.08 Å². The maximum atomic E-state index is 11.6. The molecule has 0 bridgehead atoms. The largest absolute Gasteiger partial charge is 0.478 e. The van der Waals surface area contributed by atoms with Crippen molar-refractivity contribution in [2.75, 3.05) is 7.11 Å². The van der Waals surface area contributed by atoms with Crippen LogP contribution in [-0.2, 0) is 23.9 Å².